The molecule has 1 N–H and O–H groups in total. The summed E-state index contributed by atoms with van der Waals surface area (Å²) in [6.45, 7) is 3.67. The lowest BCUT2D eigenvalue weighted by Gasteiger charge is -2.04. The second-order valence-corrected chi connectivity index (χ2v) is 4.23. The summed E-state index contributed by atoms with van der Waals surface area (Å²) in [5, 5.41) is 3.59. The Labute approximate surface area is 103 Å². The number of rotatable bonds is 3. The SMILES string of the molecule is C=C(Cl)CNC(=O)c1cc(Cl)c(Cl)n1C. The third-order valence-corrected chi connectivity index (χ3v) is 2.77. The molecule has 1 rings (SSSR count). The minimum atomic E-state index is -0.298. The van der Waals surface area contributed by atoms with E-state index >= 15 is 0 Å². The molecule has 1 heterocycles. The van der Waals surface area contributed by atoms with Crippen molar-refractivity contribution in [3.8, 4) is 0 Å². The van der Waals surface area contributed by atoms with Gasteiger partial charge in [-0.05, 0) is 6.07 Å². The largest absolute Gasteiger partial charge is 0.346 e. The Balaban J connectivity index is 2.83. The first-order chi connectivity index (χ1) is 6.93. The van der Waals surface area contributed by atoms with E-state index < -0.39 is 0 Å². The number of aromatic nitrogens is 1. The van der Waals surface area contributed by atoms with Crippen LogP contribution in [0.15, 0.2) is 17.7 Å². The number of carbonyl (C=O) groups excluding carboxylic acids is 1. The number of carbonyl (C=O) groups is 1. The van der Waals surface area contributed by atoms with Gasteiger partial charge < -0.3 is 9.88 Å². The normalized spacial score (nSPS) is 10.1. The lowest BCUT2D eigenvalue weighted by molar-refractivity contribution is 0.0949. The summed E-state index contributed by atoms with van der Waals surface area (Å²) in [6.07, 6.45) is 0. The van der Waals surface area contributed by atoms with Gasteiger partial charge in [-0.3, -0.25) is 4.79 Å². The van der Waals surface area contributed by atoms with Gasteiger partial charge in [-0.2, -0.15) is 0 Å². The minimum absolute atomic E-state index is 0.209. The number of halogens is 3. The number of nitrogens with one attached hydrogen (secondary N) is 1. The van der Waals surface area contributed by atoms with Crippen LogP contribution in [0.4, 0.5) is 0 Å². The maximum atomic E-state index is 11.6. The first-order valence-corrected chi connectivity index (χ1v) is 5.19. The van der Waals surface area contributed by atoms with E-state index in [2.05, 4.69) is 11.9 Å². The van der Waals surface area contributed by atoms with Crippen molar-refractivity contribution in [2.45, 2.75) is 0 Å². The summed E-state index contributed by atoms with van der Waals surface area (Å²) in [5.74, 6) is -0.298. The van der Waals surface area contributed by atoms with Gasteiger partial charge in [0.05, 0.1) is 11.6 Å². The molecule has 0 radical (unpaired) electrons. The number of amides is 1. The quantitative estimate of drug-likeness (QED) is 0.898. The van der Waals surface area contributed by atoms with Gasteiger partial charge in [-0.1, -0.05) is 41.4 Å². The Morgan fingerprint density at radius 3 is 2.60 bits per heavy atom. The molecule has 0 saturated carbocycles. The molecule has 6 heteroatoms. The van der Waals surface area contributed by atoms with E-state index in [4.69, 9.17) is 34.8 Å². The zero-order valence-electron chi connectivity index (χ0n) is 7.98. The third kappa shape index (κ3) is 2.91. The van der Waals surface area contributed by atoms with Crippen LogP contribution in [0.25, 0.3) is 0 Å². The van der Waals surface area contributed by atoms with Crippen LogP contribution in [-0.4, -0.2) is 17.0 Å². The summed E-state index contributed by atoms with van der Waals surface area (Å²) in [6, 6.07) is 1.50. The zero-order chi connectivity index (χ0) is 11.6. The van der Waals surface area contributed by atoms with E-state index in [1.54, 1.807) is 7.05 Å². The summed E-state index contributed by atoms with van der Waals surface area (Å²) >= 11 is 17.1. The highest BCUT2D eigenvalue weighted by Crippen LogP contribution is 2.24. The van der Waals surface area contributed by atoms with Crippen LogP contribution in [-0.2, 0) is 7.05 Å². The predicted molar refractivity (Wildman–Crippen MR) is 62.8 cm³/mol. The standard InChI is InChI=1S/C9H9Cl3N2O/c1-5(10)4-13-9(15)7-3-6(11)8(12)14(7)2/h3H,1,4H2,2H3,(H,13,15). The van der Waals surface area contributed by atoms with E-state index in [1.807, 2.05) is 0 Å². The van der Waals surface area contributed by atoms with E-state index in [-0.39, 0.29) is 12.5 Å². The molecule has 82 valence electrons. The van der Waals surface area contributed by atoms with Gasteiger partial charge in [0.25, 0.3) is 5.91 Å². The Hall–Kier alpha value is -0.640. The molecule has 0 spiro atoms. The van der Waals surface area contributed by atoms with Crippen molar-refractivity contribution in [2.24, 2.45) is 7.05 Å². The maximum Gasteiger partial charge on any atom is 0.268 e. The minimum Gasteiger partial charge on any atom is -0.346 e. The van der Waals surface area contributed by atoms with Crippen LogP contribution >= 0.6 is 34.8 Å². The lowest BCUT2D eigenvalue weighted by Crippen LogP contribution is -2.26. The number of hydrogen-bond acceptors (Lipinski definition) is 1. The van der Waals surface area contributed by atoms with Crippen molar-refractivity contribution in [1.82, 2.24) is 9.88 Å². The first kappa shape index (κ1) is 12.4. The second-order valence-electron chi connectivity index (χ2n) is 2.93. The molecular formula is C9H9Cl3N2O. The van der Waals surface area contributed by atoms with Crippen molar-refractivity contribution in [2.75, 3.05) is 6.54 Å². The van der Waals surface area contributed by atoms with Crippen molar-refractivity contribution < 1.29 is 4.79 Å². The first-order valence-electron chi connectivity index (χ1n) is 4.05. The van der Waals surface area contributed by atoms with E-state index in [0.29, 0.717) is 20.9 Å². The average Bonchev–Trinajstić information content (AvgIpc) is 2.42. The molecule has 0 bridgehead atoms. The molecule has 0 fully saturated rings. The van der Waals surface area contributed by atoms with Crippen LogP contribution in [0.1, 0.15) is 10.5 Å². The fraction of sp³-hybridized carbons (Fsp3) is 0.222. The molecule has 1 aromatic rings. The van der Waals surface area contributed by atoms with Crippen LogP contribution in [0.3, 0.4) is 0 Å². The molecule has 1 amide bonds. The van der Waals surface area contributed by atoms with E-state index in [1.165, 1.54) is 10.6 Å². The summed E-state index contributed by atoms with van der Waals surface area (Å²) in [4.78, 5) is 11.6. The lowest BCUT2D eigenvalue weighted by atomic mass is 10.4. The topological polar surface area (TPSA) is 34.0 Å². The van der Waals surface area contributed by atoms with Gasteiger partial charge in [0.15, 0.2) is 0 Å². The zero-order valence-corrected chi connectivity index (χ0v) is 10.2. The molecule has 0 aliphatic heterocycles. The van der Waals surface area contributed by atoms with Gasteiger partial charge in [-0.15, -0.1) is 0 Å². The van der Waals surface area contributed by atoms with Crippen LogP contribution in [0, 0.1) is 0 Å². The fourth-order valence-corrected chi connectivity index (χ4v) is 1.47. The maximum absolute atomic E-state index is 11.6. The Morgan fingerprint density at radius 1 is 1.60 bits per heavy atom. The predicted octanol–water partition coefficient (Wildman–Crippen LogP) is 2.81. The van der Waals surface area contributed by atoms with Gasteiger partial charge in [0.2, 0.25) is 0 Å². The van der Waals surface area contributed by atoms with Gasteiger partial charge >= 0.3 is 0 Å². The molecule has 0 saturated heterocycles. The Kier molecular flexibility index (Phi) is 4.08. The van der Waals surface area contributed by atoms with Gasteiger partial charge in [-0.25, -0.2) is 0 Å². The molecule has 1 aromatic heterocycles. The van der Waals surface area contributed by atoms with E-state index in [9.17, 15) is 4.79 Å². The molecule has 3 nitrogen and oxygen atoms in total. The smallest absolute Gasteiger partial charge is 0.268 e. The molecule has 0 aliphatic rings. The number of hydrogen-bond donors (Lipinski definition) is 1. The van der Waals surface area contributed by atoms with E-state index in [0.717, 1.165) is 0 Å². The third-order valence-electron chi connectivity index (χ3n) is 1.79. The van der Waals surface area contributed by atoms with Crippen LogP contribution in [0.2, 0.25) is 10.2 Å². The molecule has 15 heavy (non-hydrogen) atoms. The molecule has 0 atom stereocenters. The van der Waals surface area contributed by atoms with Crippen molar-refractivity contribution in [3.05, 3.63) is 33.5 Å². The van der Waals surface area contributed by atoms with Crippen LogP contribution in [0.5, 0.6) is 0 Å². The van der Waals surface area contributed by atoms with Crippen LogP contribution < -0.4 is 5.32 Å². The fourth-order valence-electron chi connectivity index (χ4n) is 1.03. The highest BCUT2D eigenvalue weighted by molar-refractivity contribution is 6.41. The van der Waals surface area contributed by atoms with Crippen molar-refractivity contribution in [1.29, 1.82) is 0 Å². The molecular weight excluding hydrogens is 258 g/mol. The highest BCUT2D eigenvalue weighted by Gasteiger charge is 2.15. The molecule has 0 aromatic carbocycles. The monoisotopic (exact) mass is 266 g/mol. The Morgan fingerprint density at radius 2 is 2.20 bits per heavy atom. The van der Waals surface area contributed by atoms with Crippen molar-refractivity contribution >= 4 is 40.7 Å². The van der Waals surface area contributed by atoms with Gasteiger partial charge in [0.1, 0.15) is 10.8 Å². The second kappa shape index (κ2) is 4.92. The highest BCUT2D eigenvalue weighted by atomic mass is 35.5. The summed E-state index contributed by atoms with van der Waals surface area (Å²) in [7, 11) is 1.65. The molecule has 0 aliphatic carbocycles. The number of nitrogens with zero attached hydrogens (tertiary/aromatic N) is 1. The summed E-state index contributed by atoms with van der Waals surface area (Å²) < 4.78 is 1.50. The van der Waals surface area contributed by atoms with Crippen molar-refractivity contribution in [3.63, 3.8) is 0 Å². The Bertz CT molecular complexity index is 412. The average molecular weight is 268 g/mol. The summed E-state index contributed by atoms with van der Waals surface area (Å²) in [5.41, 5.74) is 0.378. The van der Waals surface area contributed by atoms with Gasteiger partial charge in [0, 0.05) is 12.1 Å². The molecule has 0 unspecified atom stereocenters.